The molecule has 0 bridgehead atoms. The molecule has 1 unspecified atom stereocenters. The van der Waals surface area contributed by atoms with Gasteiger partial charge in [-0.25, -0.2) is 4.79 Å². The van der Waals surface area contributed by atoms with Crippen molar-refractivity contribution in [3.05, 3.63) is 12.7 Å². The zero-order valence-corrected chi connectivity index (χ0v) is 11.5. The van der Waals surface area contributed by atoms with Gasteiger partial charge in [-0.15, -0.1) is 6.58 Å². The first-order valence-electron chi connectivity index (χ1n) is 5.96. The molecule has 0 radical (unpaired) electrons. The van der Waals surface area contributed by atoms with Gasteiger partial charge in [0.25, 0.3) is 0 Å². The number of nitrogens with zero attached hydrogens (tertiary/aromatic N) is 2. The summed E-state index contributed by atoms with van der Waals surface area (Å²) in [5.74, 6) is -1.36. The molecule has 2 N–H and O–H groups in total. The molecule has 0 aromatic heterocycles. The molecule has 0 fully saturated rings. The average Bonchev–Trinajstić information content (AvgIpc) is 2.35. The van der Waals surface area contributed by atoms with E-state index in [-0.39, 0.29) is 12.5 Å². The number of carbonyl (C=O) groups excluding carboxylic acids is 2. The van der Waals surface area contributed by atoms with Gasteiger partial charge in [-0.3, -0.25) is 9.59 Å². The van der Waals surface area contributed by atoms with Crippen molar-refractivity contribution in [3.63, 3.8) is 0 Å². The molecule has 0 aromatic rings. The van der Waals surface area contributed by atoms with E-state index < -0.39 is 24.6 Å². The lowest BCUT2D eigenvalue weighted by Crippen LogP contribution is -2.51. The molecule has 0 saturated heterocycles. The molecule has 0 heterocycles. The first-order valence-corrected chi connectivity index (χ1v) is 5.96. The summed E-state index contributed by atoms with van der Waals surface area (Å²) in [5, 5.41) is 11.2. The molecule has 19 heavy (non-hydrogen) atoms. The third-order valence-corrected chi connectivity index (χ3v) is 2.52. The van der Waals surface area contributed by atoms with Crippen LogP contribution in [0, 0.1) is 0 Å². The van der Waals surface area contributed by atoms with Gasteiger partial charge in [0.2, 0.25) is 5.91 Å². The van der Waals surface area contributed by atoms with Crippen LogP contribution in [-0.4, -0.2) is 65.5 Å². The van der Waals surface area contributed by atoms with Gasteiger partial charge in [0, 0.05) is 20.1 Å². The highest BCUT2D eigenvalue weighted by molar-refractivity contribution is 5.87. The second-order valence-electron chi connectivity index (χ2n) is 4.09. The quantitative estimate of drug-likeness (QED) is 0.644. The van der Waals surface area contributed by atoms with Gasteiger partial charge in [-0.2, -0.15) is 0 Å². The maximum absolute atomic E-state index is 11.8. The number of carbonyl (C=O) groups is 3. The van der Waals surface area contributed by atoms with Gasteiger partial charge >= 0.3 is 12.0 Å². The van der Waals surface area contributed by atoms with E-state index >= 15 is 0 Å². The number of hydrogen-bond acceptors (Lipinski definition) is 3. The Labute approximate surface area is 112 Å². The van der Waals surface area contributed by atoms with Crippen LogP contribution in [0.2, 0.25) is 0 Å². The lowest BCUT2D eigenvalue weighted by molar-refractivity contribution is -0.137. The van der Waals surface area contributed by atoms with E-state index in [4.69, 9.17) is 5.11 Å². The maximum Gasteiger partial charge on any atom is 0.323 e. The molecule has 0 saturated carbocycles. The van der Waals surface area contributed by atoms with Crippen molar-refractivity contribution in [2.45, 2.75) is 19.9 Å². The first kappa shape index (κ1) is 16.9. The van der Waals surface area contributed by atoms with Crippen molar-refractivity contribution in [2.75, 3.05) is 26.7 Å². The molecule has 7 heteroatoms. The molecular formula is C12H21N3O4. The fourth-order valence-corrected chi connectivity index (χ4v) is 1.36. The van der Waals surface area contributed by atoms with E-state index in [0.717, 1.165) is 4.90 Å². The van der Waals surface area contributed by atoms with Crippen LogP contribution in [0.1, 0.15) is 13.8 Å². The normalized spacial score (nSPS) is 11.3. The summed E-state index contributed by atoms with van der Waals surface area (Å²) in [6, 6.07) is -1.31. The highest BCUT2D eigenvalue weighted by Gasteiger charge is 2.22. The van der Waals surface area contributed by atoms with E-state index in [1.165, 1.54) is 11.0 Å². The van der Waals surface area contributed by atoms with Crippen LogP contribution in [0.3, 0.4) is 0 Å². The lowest BCUT2D eigenvalue weighted by atomic mass is 10.3. The first-order chi connectivity index (χ1) is 8.83. The van der Waals surface area contributed by atoms with E-state index in [1.54, 1.807) is 14.0 Å². The van der Waals surface area contributed by atoms with Crippen LogP contribution in [-0.2, 0) is 9.59 Å². The van der Waals surface area contributed by atoms with Crippen molar-refractivity contribution in [1.82, 2.24) is 15.1 Å². The molecule has 3 amide bonds. The van der Waals surface area contributed by atoms with Crippen LogP contribution in [0.4, 0.5) is 4.79 Å². The van der Waals surface area contributed by atoms with Gasteiger partial charge in [0.05, 0.1) is 0 Å². The Morgan fingerprint density at radius 2 is 2.00 bits per heavy atom. The molecule has 0 spiro atoms. The smallest absolute Gasteiger partial charge is 0.323 e. The van der Waals surface area contributed by atoms with Crippen molar-refractivity contribution in [3.8, 4) is 0 Å². The zero-order valence-electron chi connectivity index (χ0n) is 11.5. The number of carboxylic acid groups (broad SMARTS) is 1. The van der Waals surface area contributed by atoms with E-state index in [0.29, 0.717) is 6.54 Å². The Morgan fingerprint density at radius 1 is 1.42 bits per heavy atom. The van der Waals surface area contributed by atoms with Gasteiger partial charge < -0.3 is 20.2 Å². The minimum absolute atomic E-state index is 0.0999. The van der Waals surface area contributed by atoms with Crippen LogP contribution in [0.5, 0.6) is 0 Å². The summed E-state index contributed by atoms with van der Waals surface area (Å²) < 4.78 is 0. The maximum atomic E-state index is 11.8. The number of aliphatic carboxylic acids is 1. The Balaban J connectivity index is 4.58. The number of rotatable bonds is 7. The van der Waals surface area contributed by atoms with Gasteiger partial charge in [-0.05, 0) is 13.8 Å². The van der Waals surface area contributed by atoms with Crippen molar-refractivity contribution < 1.29 is 19.5 Å². The summed E-state index contributed by atoms with van der Waals surface area (Å²) in [6.45, 7) is 7.02. The van der Waals surface area contributed by atoms with Crippen molar-refractivity contribution >= 4 is 17.9 Å². The average molecular weight is 271 g/mol. The van der Waals surface area contributed by atoms with Crippen LogP contribution < -0.4 is 5.32 Å². The van der Waals surface area contributed by atoms with Gasteiger partial charge in [0.1, 0.15) is 12.6 Å². The van der Waals surface area contributed by atoms with Crippen molar-refractivity contribution in [1.29, 1.82) is 0 Å². The van der Waals surface area contributed by atoms with E-state index in [9.17, 15) is 14.4 Å². The fraction of sp³-hybridized carbons (Fsp3) is 0.583. The SMILES string of the molecule is C=CCN(CC(=O)O)C(=O)NC(C)C(=O)N(C)CC. The predicted octanol–water partition coefficient (Wildman–Crippen LogP) is 0.135. The number of urea groups is 1. The molecular weight excluding hydrogens is 250 g/mol. The van der Waals surface area contributed by atoms with Crippen LogP contribution in [0.25, 0.3) is 0 Å². The van der Waals surface area contributed by atoms with Gasteiger partial charge in [-0.1, -0.05) is 6.08 Å². The number of likely N-dealkylation sites (N-methyl/N-ethyl adjacent to an activating group) is 1. The lowest BCUT2D eigenvalue weighted by Gasteiger charge is -2.24. The van der Waals surface area contributed by atoms with Crippen molar-refractivity contribution in [2.24, 2.45) is 0 Å². The Bertz CT molecular complexity index is 357. The summed E-state index contributed by atoms with van der Waals surface area (Å²) in [5.41, 5.74) is 0. The van der Waals surface area contributed by atoms with E-state index in [1.807, 2.05) is 6.92 Å². The fourth-order valence-electron chi connectivity index (χ4n) is 1.36. The highest BCUT2D eigenvalue weighted by atomic mass is 16.4. The number of carboxylic acids is 1. The minimum atomic E-state index is -1.12. The molecule has 1 atom stereocenters. The molecule has 0 aromatic carbocycles. The number of nitrogens with one attached hydrogen (secondary N) is 1. The predicted molar refractivity (Wildman–Crippen MR) is 70.7 cm³/mol. The number of hydrogen-bond donors (Lipinski definition) is 2. The van der Waals surface area contributed by atoms with Crippen LogP contribution in [0.15, 0.2) is 12.7 Å². The third kappa shape index (κ3) is 5.89. The highest BCUT2D eigenvalue weighted by Crippen LogP contribution is 1.96. The Hall–Kier alpha value is -2.05. The second-order valence-corrected chi connectivity index (χ2v) is 4.09. The molecule has 7 nitrogen and oxygen atoms in total. The molecule has 108 valence electrons. The summed E-state index contributed by atoms with van der Waals surface area (Å²) in [4.78, 5) is 36.8. The summed E-state index contributed by atoms with van der Waals surface area (Å²) >= 11 is 0. The summed E-state index contributed by atoms with van der Waals surface area (Å²) in [6.07, 6.45) is 1.42. The van der Waals surface area contributed by atoms with E-state index in [2.05, 4.69) is 11.9 Å². The summed E-state index contributed by atoms with van der Waals surface area (Å²) in [7, 11) is 1.63. The molecule has 0 aliphatic rings. The molecule has 0 rings (SSSR count). The topological polar surface area (TPSA) is 90.0 Å². The Kier molecular flexibility index (Phi) is 7.25. The largest absolute Gasteiger partial charge is 0.480 e. The van der Waals surface area contributed by atoms with Gasteiger partial charge in [0.15, 0.2) is 0 Å². The Morgan fingerprint density at radius 3 is 2.42 bits per heavy atom. The third-order valence-electron chi connectivity index (χ3n) is 2.52. The second kappa shape index (κ2) is 8.12. The standard InChI is InChI=1S/C12H21N3O4/c1-5-7-15(8-10(16)17)12(19)13-9(3)11(18)14(4)6-2/h5,9H,1,6-8H2,2-4H3,(H,13,19)(H,16,17). The zero-order chi connectivity index (χ0) is 15.0. The van der Waals surface area contributed by atoms with Crippen LogP contribution >= 0.6 is 0 Å². The number of amides is 3. The molecule has 0 aliphatic heterocycles. The molecule has 0 aliphatic carbocycles. The minimum Gasteiger partial charge on any atom is -0.480 e. The monoisotopic (exact) mass is 271 g/mol.